The van der Waals surface area contributed by atoms with Gasteiger partial charge in [-0.25, -0.2) is 4.79 Å². The van der Waals surface area contributed by atoms with E-state index in [1.807, 2.05) is 0 Å². The van der Waals surface area contributed by atoms with Crippen molar-refractivity contribution in [3.63, 3.8) is 0 Å². The molecule has 0 bridgehead atoms. The van der Waals surface area contributed by atoms with Crippen LogP contribution < -0.4 is 27.4 Å². The average molecular weight is 472 g/mol. The summed E-state index contributed by atoms with van der Waals surface area (Å²) in [5, 5.41) is 7.49. The largest absolute Gasteiger partial charge is 0.466 e. The van der Waals surface area contributed by atoms with Crippen LogP contribution in [0, 0.1) is 5.92 Å². The van der Waals surface area contributed by atoms with Crippen LogP contribution in [-0.2, 0) is 23.9 Å². The Balaban J connectivity index is 4.52. The molecule has 4 amide bonds. The number of carbonyl (C=O) groups excluding carboxylic acids is 5. The zero-order chi connectivity index (χ0) is 25.2. The number of rotatable bonds is 18. The molecule has 0 fully saturated rings. The van der Waals surface area contributed by atoms with Crippen LogP contribution in [-0.4, -0.2) is 61.4 Å². The summed E-state index contributed by atoms with van der Waals surface area (Å²) in [6.07, 6.45) is 4.45. The van der Waals surface area contributed by atoms with Gasteiger partial charge in [-0.3, -0.25) is 19.2 Å². The van der Waals surface area contributed by atoms with Gasteiger partial charge in [-0.2, -0.15) is 0 Å². The van der Waals surface area contributed by atoms with Gasteiger partial charge in [0.1, 0.15) is 6.04 Å². The van der Waals surface area contributed by atoms with E-state index in [1.54, 1.807) is 13.8 Å². The summed E-state index contributed by atoms with van der Waals surface area (Å²) < 4.78 is 5.08. The summed E-state index contributed by atoms with van der Waals surface area (Å²) in [5.41, 5.74) is 10.9. The number of primary amides is 1. The highest BCUT2D eigenvalue weighted by Crippen LogP contribution is 2.03. The molecule has 0 aromatic rings. The summed E-state index contributed by atoms with van der Waals surface area (Å²) in [7, 11) is 0. The number of ketones is 1. The molecule has 0 heterocycles. The minimum Gasteiger partial charge on any atom is -0.466 e. The third-order valence-electron chi connectivity index (χ3n) is 4.95. The Bertz CT molecular complexity index is 641. The summed E-state index contributed by atoms with van der Waals surface area (Å²) in [6.45, 7) is 5.95. The Hall–Kier alpha value is -2.69. The highest BCUT2D eigenvalue weighted by atomic mass is 16.5. The standard InChI is InChI=1S/C22H41N5O6/c1-4-5-6-7-13-33-18(29)11-10-16(28)14-26-20(30)17(9-8-12-25-22(24)32)27-21(31)19(23)15(2)3/h15,17,19H,4-14,23H2,1-3H3,(H,26,30)(H,27,31)(H3,24,25,32)/t17-,19-/m0/s1. The lowest BCUT2D eigenvalue weighted by atomic mass is 10.0. The molecule has 11 heteroatoms. The molecule has 2 atom stereocenters. The van der Waals surface area contributed by atoms with Gasteiger partial charge >= 0.3 is 12.0 Å². The van der Waals surface area contributed by atoms with E-state index in [1.165, 1.54) is 0 Å². The molecule has 0 aromatic carbocycles. The molecular weight excluding hydrogens is 430 g/mol. The molecule has 0 aliphatic carbocycles. The number of nitrogens with one attached hydrogen (secondary N) is 3. The van der Waals surface area contributed by atoms with Crippen LogP contribution in [0.5, 0.6) is 0 Å². The summed E-state index contributed by atoms with van der Waals surface area (Å²) in [4.78, 5) is 59.4. The highest BCUT2D eigenvalue weighted by molar-refractivity contribution is 5.92. The zero-order valence-electron chi connectivity index (χ0n) is 20.1. The van der Waals surface area contributed by atoms with Crippen molar-refractivity contribution >= 4 is 29.6 Å². The Morgan fingerprint density at radius 3 is 2.21 bits per heavy atom. The van der Waals surface area contributed by atoms with Crippen molar-refractivity contribution in [2.75, 3.05) is 19.7 Å². The molecule has 0 radical (unpaired) electrons. The molecule has 0 aliphatic heterocycles. The Morgan fingerprint density at radius 2 is 1.61 bits per heavy atom. The number of amides is 4. The normalized spacial score (nSPS) is 12.5. The van der Waals surface area contributed by atoms with E-state index >= 15 is 0 Å². The van der Waals surface area contributed by atoms with Gasteiger partial charge in [-0.1, -0.05) is 40.0 Å². The number of carbonyl (C=O) groups is 5. The van der Waals surface area contributed by atoms with Gasteiger partial charge in [0.25, 0.3) is 0 Å². The topological polar surface area (TPSA) is 183 Å². The van der Waals surface area contributed by atoms with Gasteiger partial charge in [0, 0.05) is 13.0 Å². The maximum Gasteiger partial charge on any atom is 0.312 e. The van der Waals surface area contributed by atoms with Crippen LogP contribution in [0.25, 0.3) is 0 Å². The molecule has 7 N–H and O–H groups in total. The number of hydrogen-bond donors (Lipinski definition) is 5. The SMILES string of the molecule is CCCCCCOC(=O)CCC(=O)CNC(=O)[C@H](CCCNC(N)=O)NC(=O)[C@@H](N)C(C)C. The van der Waals surface area contributed by atoms with Crippen molar-refractivity contribution < 1.29 is 28.7 Å². The predicted octanol–water partition coefficient (Wildman–Crippen LogP) is 0.492. The molecule has 0 unspecified atom stereocenters. The first-order chi connectivity index (χ1) is 15.6. The molecule has 0 aromatic heterocycles. The minimum absolute atomic E-state index is 0.0497. The van der Waals surface area contributed by atoms with Crippen LogP contribution in [0.15, 0.2) is 0 Å². The second-order valence-electron chi connectivity index (χ2n) is 8.30. The van der Waals surface area contributed by atoms with E-state index < -0.39 is 35.9 Å². The van der Waals surface area contributed by atoms with E-state index in [2.05, 4.69) is 22.9 Å². The highest BCUT2D eigenvalue weighted by Gasteiger charge is 2.25. The van der Waals surface area contributed by atoms with Crippen LogP contribution in [0.4, 0.5) is 4.79 Å². The summed E-state index contributed by atoms with van der Waals surface area (Å²) in [6, 6.07) is -2.41. The van der Waals surface area contributed by atoms with Crippen molar-refractivity contribution in [1.82, 2.24) is 16.0 Å². The van der Waals surface area contributed by atoms with Gasteiger partial charge in [0.2, 0.25) is 11.8 Å². The fraction of sp³-hybridized carbons (Fsp3) is 0.773. The Morgan fingerprint density at radius 1 is 0.909 bits per heavy atom. The molecule has 0 spiro atoms. The van der Waals surface area contributed by atoms with Crippen molar-refractivity contribution in [2.24, 2.45) is 17.4 Å². The van der Waals surface area contributed by atoms with Crippen molar-refractivity contribution in [2.45, 2.75) is 84.2 Å². The Labute approximate surface area is 196 Å². The fourth-order valence-electron chi connectivity index (χ4n) is 2.78. The van der Waals surface area contributed by atoms with E-state index in [4.69, 9.17) is 16.2 Å². The van der Waals surface area contributed by atoms with E-state index in [0.717, 1.165) is 25.7 Å². The van der Waals surface area contributed by atoms with E-state index in [-0.39, 0.29) is 44.1 Å². The first kappa shape index (κ1) is 30.3. The fourth-order valence-corrected chi connectivity index (χ4v) is 2.78. The molecule has 0 aliphatic rings. The maximum atomic E-state index is 12.5. The molecule has 0 saturated heterocycles. The van der Waals surface area contributed by atoms with Gasteiger partial charge in [-0.15, -0.1) is 0 Å². The lowest BCUT2D eigenvalue weighted by Crippen LogP contribution is -2.53. The number of Topliss-reactive ketones (excluding diaryl/α,β-unsaturated/α-hetero) is 1. The third-order valence-corrected chi connectivity index (χ3v) is 4.95. The second-order valence-corrected chi connectivity index (χ2v) is 8.30. The summed E-state index contributed by atoms with van der Waals surface area (Å²) in [5.74, 6) is -1.93. The number of urea groups is 1. The van der Waals surface area contributed by atoms with Gasteiger partial charge in [0.15, 0.2) is 5.78 Å². The van der Waals surface area contributed by atoms with E-state index in [9.17, 15) is 24.0 Å². The molecule has 0 rings (SSSR count). The molecular formula is C22H41N5O6. The Kier molecular flexibility index (Phi) is 16.4. The molecule has 0 saturated carbocycles. The van der Waals surface area contributed by atoms with Crippen molar-refractivity contribution in [3.05, 3.63) is 0 Å². The maximum absolute atomic E-state index is 12.5. The number of unbranched alkanes of at least 4 members (excludes halogenated alkanes) is 3. The minimum atomic E-state index is -0.933. The monoisotopic (exact) mass is 471 g/mol. The second kappa shape index (κ2) is 17.8. The first-order valence-corrected chi connectivity index (χ1v) is 11.6. The third kappa shape index (κ3) is 15.7. The molecule has 33 heavy (non-hydrogen) atoms. The van der Waals surface area contributed by atoms with Crippen LogP contribution in [0.1, 0.15) is 72.1 Å². The van der Waals surface area contributed by atoms with Crippen molar-refractivity contribution in [1.29, 1.82) is 0 Å². The first-order valence-electron chi connectivity index (χ1n) is 11.6. The number of ether oxygens (including phenoxy) is 1. The quantitative estimate of drug-likeness (QED) is 0.142. The van der Waals surface area contributed by atoms with Gasteiger partial charge in [0.05, 0.1) is 25.6 Å². The average Bonchev–Trinajstić information content (AvgIpc) is 2.76. The van der Waals surface area contributed by atoms with Gasteiger partial charge in [-0.05, 0) is 25.2 Å². The lowest BCUT2D eigenvalue weighted by Gasteiger charge is -2.22. The predicted molar refractivity (Wildman–Crippen MR) is 124 cm³/mol. The summed E-state index contributed by atoms with van der Waals surface area (Å²) >= 11 is 0. The van der Waals surface area contributed by atoms with Crippen molar-refractivity contribution in [3.8, 4) is 0 Å². The van der Waals surface area contributed by atoms with E-state index in [0.29, 0.717) is 13.0 Å². The van der Waals surface area contributed by atoms with Gasteiger partial charge < -0.3 is 32.2 Å². The number of hydrogen-bond acceptors (Lipinski definition) is 7. The smallest absolute Gasteiger partial charge is 0.312 e. The number of nitrogens with two attached hydrogens (primary N) is 2. The van der Waals surface area contributed by atoms with Crippen LogP contribution >= 0.6 is 0 Å². The van der Waals surface area contributed by atoms with Crippen LogP contribution in [0.2, 0.25) is 0 Å². The zero-order valence-corrected chi connectivity index (χ0v) is 20.1. The lowest BCUT2D eigenvalue weighted by molar-refractivity contribution is -0.144. The molecule has 190 valence electrons. The molecule has 11 nitrogen and oxygen atoms in total. The van der Waals surface area contributed by atoms with Crippen LogP contribution in [0.3, 0.4) is 0 Å². The number of esters is 1.